The summed E-state index contributed by atoms with van der Waals surface area (Å²) in [4.78, 5) is 0. The summed E-state index contributed by atoms with van der Waals surface area (Å²) in [5.41, 5.74) is 11.1. The molecule has 0 unspecified atom stereocenters. The van der Waals surface area contributed by atoms with Crippen molar-refractivity contribution in [3.8, 4) is 11.5 Å². The van der Waals surface area contributed by atoms with Crippen molar-refractivity contribution in [2.24, 2.45) is 11.5 Å². The highest BCUT2D eigenvalue weighted by Gasteiger charge is 1.98. The Morgan fingerprint density at radius 2 is 1.80 bits per heavy atom. The predicted octanol–water partition coefficient (Wildman–Crippen LogP) is 0.730. The lowest BCUT2D eigenvalue weighted by atomic mass is 10.1. The van der Waals surface area contributed by atoms with Gasteiger partial charge in [-0.05, 0) is 30.7 Å². The monoisotopic (exact) mass is 210 g/mol. The highest BCUT2D eigenvalue weighted by molar-refractivity contribution is 5.40. The van der Waals surface area contributed by atoms with Gasteiger partial charge in [-0.2, -0.15) is 0 Å². The Hall–Kier alpha value is -1.52. The minimum absolute atomic E-state index is 0.0871. The average Bonchev–Trinajstić information content (AvgIpc) is 2.24. The molecule has 0 saturated heterocycles. The highest BCUT2D eigenvalue weighted by Crippen LogP contribution is 2.24. The molecule has 1 aromatic carbocycles. The maximum Gasteiger partial charge on any atom is 0.157 e. The predicted molar refractivity (Wildman–Crippen MR) is 61.8 cm³/mol. The molecule has 0 aromatic heterocycles. The van der Waals surface area contributed by atoms with Crippen molar-refractivity contribution in [2.45, 2.75) is 6.42 Å². The lowest BCUT2D eigenvalue weighted by molar-refractivity contribution is 0.403. The smallest absolute Gasteiger partial charge is 0.157 e. The molecule has 0 amide bonds. The van der Waals surface area contributed by atoms with Crippen LogP contribution in [0.4, 0.5) is 0 Å². The quantitative estimate of drug-likeness (QED) is 0.437. The zero-order valence-corrected chi connectivity index (χ0v) is 8.69. The van der Waals surface area contributed by atoms with E-state index in [1.54, 1.807) is 12.1 Å². The third-order valence-electron chi connectivity index (χ3n) is 1.64. The topological polar surface area (TPSA) is 92.5 Å². The molecule has 15 heavy (non-hydrogen) atoms. The first-order valence-corrected chi connectivity index (χ1v) is 4.67. The van der Waals surface area contributed by atoms with Gasteiger partial charge in [0.1, 0.15) is 0 Å². The van der Waals surface area contributed by atoms with E-state index in [4.69, 9.17) is 21.7 Å². The molecular formula is C11H18N2O2. The summed E-state index contributed by atoms with van der Waals surface area (Å²) in [6.45, 7) is 4.48. The van der Waals surface area contributed by atoms with Crippen LogP contribution in [-0.4, -0.2) is 23.3 Å². The van der Waals surface area contributed by atoms with E-state index < -0.39 is 0 Å². The minimum atomic E-state index is -0.0919. The molecule has 0 aliphatic carbocycles. The summed E-state index contributed by atoms with van der Waals surface area (Å²) in [5.74, 6) is -0.179. The number of benzene rings is 1. The lowest BCUT2D eigenvalue weighted by Gasteiger charge is -2.00. The Balaban J connectivity index is 0.000000423. The molecule has 0 heterocycles. The summed E-state index contributed by atoms with van der Waals surface area (Å²) in [7, 11) is 0. The van der Waals surface area contributed by atoms with Gasteiger partial charge in [-0.1, -0.05) is 12.1 Å². The minimum Gasteiger partial charge on any atom is -0.504 e. The van der Waals surface area contributed by atoms with E-state index in [0.29, 0.717) is 19.5 Å². The lowest BCUT2D eigenvalue weighted by Crippen LogP contribution is -2.02. The summed E-state index contributed by atoms with van der Waals surface area (Å²) >= 11 is 0. The molecule has 1 aromatic rings. The van der Waals surface area contributed by atoms with Crippen molar-refractivity contribution in [3.63, 3.8) is 0 Å². The van der Waals surface area contributed by atoms with Crippen LogP contribution in [0, 0.1) is 0 Å². The Labute approximate surface area is 89.8 Å². The molecule has 0 aliphatic rings. The molecule has 84 valence electrons. The molecular weight excluding hydrogens is 192 g/mol. The van der Waals surface area contributed by atoms with Crippen LogP contribution in [0.3, 0.4) is 0 Å². The molecule has 4 nitrogen and oxygen atoms in total. The number of rotatable bonds is 3. The maximum absolute atomic E-state index is 9.04. The summed E-state index contributed by atoms with van der Waals surface area (Å²) in [6.07, 6.45) is 2.37. The second-order valence-corrected chi connectivity index (χ2v) is 2.89. The second kappa shape index (κ2) is 7.84. The zero-order chi connectivity index (χ0) is 11.7. The van der Waals surface area contributed by atoms with Gasteiger partial charge in [0, 0.05) is 6.54 Å². The molecule has 1 rings (SSSR count). The number of aromatic hydroxyl groups is 2. The van der Waals surface area contributed by atoms with Gasteiger partial charge in [0.15, 0.2) is 11.5 Å². The Bertz CT molecular complexity index is 301. The summed E-state index contributed by atoms with van der Waals surface area (Å²) in [5, 5.41) is 18.0. The van der Waals surface area contributed by atoms with Crippen LogP contribution >= 0.6 is 0 Å². The van der Waals surface area contributed by atoms with Gasteiger partial charge in [0.25, 0.3) is 0 Å². The van der Waals surface area contributed by atoms with Crippen molar-refractivity contribution >= 4 is 0 Å². The first-order chi connectivity index (χ1) is 7.15. The Morgan fingerprint density at radius 3 is 2.20 bits per heavy atom. The second-order valence-electron chi connectivity index (χ2n) is 2.89. The average molecular weight is 210 g/mol. The van der Waals surface area contributed by atoms with Gasteiger partial charge in [0.2, 0.25) is 0 Å². The van der Waals surface area contributed by atoms with Gasteiger partial charge in [0.05, 0.1) is 0 Å². The first kappa shape index (κ1) is 13.5. The number of hydrogen-bond donors (Lipinski definition) is 4. The van der Waals surface area contributed by atoms with Crippen LogP contribution in [0.15, 0.2) is 30.9 Å². The van der Waals surface area contributed by atoms with Gasteiger partial charge in [-0.15, -0.1) is 6.58 Å². The summed E-state index contributed by atoms with van der Waals surface area (Å²) in [6, 6.07) is 4.71. The number of nitrogens with two attached hydrogens (primary N) is 2. The van der Waals surface area contributed by atoms with Crippen LogP contribution in [-0.2, 0) is 6.42 Å². The third kappa shape index (κ3) is 5.72. The molecule has 0 aliphatic heterocycles. The van der Waals surface area contributed by atoms with Crippen LogP contribution in [0.1, 0.15) is 5.56 Å². The Morgan fingerprint density at radius 1 is 1.20 bits per heavy atom. The fourth-order valence-electron chi connectivity index (χ4n) is 0.891. The van der Waals surface area contributed by atoms with E-state index in [2.05, 4.69) is 6.58 Å². The van der Waals surface area contributed by atoms with Crippen LogP contribution in [0.2, 0.25) is 0 Å². The van der Waals surface area contributed by atoms with Crippen LogP contribution < -0.4 is 11.5 Å². The van der Waals surface area contributed by atoms with Crippen LogP contribution in [0.5, 0.6) is 11.5 Å². The fraction of sp³-hybridized carbons (Fsp3) is 0.273. The van der Waals surface area contributed by atoms with E-state index in [1.807, 2.05) is 0 Å². The normalized spacial score (nSPS) is 8.93. The third-order valence-corrected chi connectivity index (χ3v) is 1.64. The van der Waals surface area contributed by atoms with Gasteiger partial charge in [-0.25, -0.2) is 0 Å². The van der Waals surface area contributed by atoms with Gasteiger partial charge >= 0.3 is 0 Å². The van der Waals surface area contributed by atoms with Crippen molar-refractivity contribution in [1.82, 2.24) is 0 Å². The fourth-order valence-corrected chi connectivity index (χ4v) is 0.891. The molecule has 4 heteroatoms. The van der Waals surface area contributed by atoms with Crippen LogP contribution in [0.25, 0.3) is 0 Å². The standard InChI is InChI=1S/C8H11NO2.C3H7N/c9-4-3-6-1-2-7(10)8(11)5-6;1-2-3-4/h1-2,5,10-11H,3-4,9H2;2H,1,3-4H2. The van der Waals surface area contributed by atoms with E-state index in [0.717, 1.165) is 5.56 Å². The van der Waals surface area contributed by atoms with E-state index >= 15 is 0 Å². The molecule has 0 atom stereocenters. The largest absolute Gasteiger partial charge is 0.504 e. The SMILES string of the molecule is C=CCN.NCCc1ccc(O)c(O)c1. The zero-order valence-electron chi connectivity index (χ0n) is 8.69. The van der Waals surface area contributed by atoms with Crippen molar-refractivity contribution < 1.29 is 10.2 Å². The molecule has 6 N–H and O–H groups in total. The molecule has 0 radical (unpaired) electrons. The van der Waals surface area contributed by atoms with Crippen molar-refractivity contribution in [2.75, 3.05) is 13.1 Å². The van der Waals surface area contributed by atoms with Crippen molar-refractivity contribution in [3.05, 3.63) is 36.4 Å². The number of hydrogen-bond acceptors (Lipinski definition) is 4. The van der Waals surface area contributed by atoms with Crippen molar-refractivity contribution in [1.29, 1.82) is 0 Å². The molecule has 0 bridgehead atoms. The number of phenols is 2. The highest BCUT2D eigenvalue weighted by atomic mass is 16.3. The summed E-state index contributed by atoms with van der Waals surface area (Å²) < 4.78 is 0. The molecule has 0 fully saturated rings. The Kier molecular flexibility index (Phi) is 7.05. The van der Waals surface area contributed by atoms with Gasteiger partial charge < -0.3 is 21.7 Å². The van der Waals surface area contributed by atoms with E-state index in [9.17, 15) is 0 Å². The van der Waals surface area contributed by atoms with E-state index in [1.165, 1.54) is 12.1 Å². The number of phenolic OH excluding ortho intramolecular Hbond substituents is 2. The van der Waals surface area contributed by atoms with E-state index in [-0.39, 0.29) is 11.5 Å². The molecule has 0 spiro atoms. The molecule has 0 saturated carbocycles. The first-order valence-electron chi connectivity index (χ1n) is 4.67. The maximum atomic E-state index is 9.04. The van der Waals surface area contributed by atoms with Gasteiger partial charge in [-0.3, -0.25) is 0 Å².